The predicted molar refractivity (Wildman–Crippen MR) is 105 cm³/mol. The van der Waals surface area contributed by atoms with Gasteiger partial charge < -0.3 is 0 Å². The number of carboxylic acids is 1. The van der Waals surface area contributed by atoms with Gasteiger partial charge in [0.1, 0.15) is 0 Å². The molecule has 26 heavy (non-hydrogen) atoms. The fourth-order valence-electron chi connectivity index (χ4n) is 3.05. The van der Waals surface area contributed by atoms with E-state index in [0.717, 1.165) is 16.7 Å². The monoisotopic (exact) mass is 411 g/mol. The second-order valence-corrected chi connectivity index (χ2v) is 8.62. The first-order valence-electron chi connectivity index (χ1n) is 8.43. The number of rotatable bonds is 7. The fraction of sp³-hybridized carbons (Fsp3) is 0.136. The summed E-state index contributed by atoms with van der Waals surface area (Å²) in [5.74, 6) is -0.949. The van der Waals surface area contributed by atoms with E-state index in [1.165, 1.54) is 0 Å². The minimum atomic E-state index is -0.949. The van der Waals surface area contributed by atoms with Crippen molar-refractivity contribution in [1.82, 2.24) is 0 Å². The number of hydrogen-bond donors (Lipinski definition) is 2. The zero-order valence-electron chi connectivity index (χ0n) is 14.3. The van der Waals surface area contributed by atoms with E-state index in [2.05, 4.69) is 36.4 Å². The third kappa shape index (κ3) is 3.73. The maximum absolute atomic E-state index is 11.3. The van der Waals surface area contributed by atoms with Gasteiger partial charge in [0.25, 0.3) is 0 Å². The first-order chi connectivity index (χ1) is 12.6. The molecule has 3 N–H and O–H groups in total. The molecule has 3 aromatic rings. The number of benzene rings is 3. The van der Waals surface area contributed by atoms with Crippen LogP contribution in [0.2, 0.25) is 5.32 Å². The summed E-state index contributed by atoms with van der Waals surface area (Å²) in [6, 6.07) is 30.0. The summed E-state index contributed by atoms with van der Waals surface area (Å²) in [5, 5.41) is 9.72. The van der Waals surface area contributed by atoms with Gasteiger partial charge >= 0.3 is 160 Å². The van der Waals surface area contributed by atoms with Gasteiger partial charge in [-0.15, -0.1) is 0 Å². The van der Waals surface area contributed by atoms with E-state index in [1.54, 1.807) is 0 Å². The van der Waals surface area contributed by atoms with Crippen LogP contribution in [0.25, 0.3) is 0 Å². The SMILES string of the molecule is NC(C[Se]C(c1ccccc1)(c1ccccc1)c1ccccc1)C(=O)O. The van der Waals surface area contributed by atoms with E-state index in [1.807, 2.05) is 54.6 Å². The topological polar surface area (TPSA) is 63.3 Å². The van der Waals surface area contributed by atoms with Gasteiger partial charge in [-0.25, -0.2) is 0 Å². The van der Waals surface area contributed by atoms with Gasteiger partial charge in [0.05, 0.1) is 0 Å². The molecule has 0 aliphatic carbocycles. The van der Waals surface area contributed by atoms with Crippen LogP contribution in [0.15, 0.2) is 91.0 Å². The van der Waals surface area contributed by atoms with Gasteiger partial charge in [0.15, 0.2) is 0 Å². The van der Waals surface area contributed by atoms with Crippen LogP contribution in [0.1, 0.15) is 16.7 Å². The Labute approximate surface area is 160 Å². The first kappa shape index (κ1) is 18.4. The maximum atomic E-state index is 11.3. The third-order valence-corrected chi connectivity index (χ3v) is 7.83. The van der Waals surface area contributed by atoms with Crippen LogP contribution >= 0.6 is 0 Å². The molecular formula is C22H21NO2Se. The molecule has 0 aromatic heterocycles. The quantitative estimate of drug-likeness (QED) is 0.463. The molecule has 0 radical (unpaired) electrons. The standard InChI is InChI=1S/C22H21NO2Se/c23-20(21(24)25)16-26-22(17-10-4-1-5-11-17,18-12-6-2-7-13-18)19-14-8-3-9-15-19/h1-15,20H,16,23H2,(H,24,25). The summed E-state index contributed by atoms with van der Waals surface area (Å²) in [4.78, 5) is 11.3. The average molecular weight is 410 g/mol. The van der Waals surface area contributed by atoms with Gasteiger partial charge in [-0.05, 0) is 0 Å². The van der Waals surface area contributed by atoms with E-state index in [9.17, 15) is 9.90 Å². The number of carbonyl (C=O) groups is 1. The Kier molecular flexibility index (Phi) is 5.89. The Morgan fingerprint density at radius 3 is 1.46 bits per heavy atom. The Morgan fingerprint density at radius 1 is 0.808 bits per heavy atom. The normalized spacial score (nSPS) is 12.5. The molecule has 3 nitrogen and oxygen atoms in total. The molecule has 0 heterocycles. The van der Waals surface area contributed by atoms with Crippen molar-refractivity contribution in [3.05, 3.63) is 108 Å². The van der Waals surface area contributed by atoms with Crippen molar-refractivity contribution in [2.45, 2.75) is 15.7 Å². The second-order valence-electron chi connectivity index (χ2n) is 6.03. The van der Waals surface area contributed by atoms with E-state index >= 15 is 0 Å². The fourth-order valence-corrected chi connectivity index (χ4v) is 6.16. The minimum absolute atomic E-state index is 0.102. The van der Waals surface area contributed by atoms with Crippen LogP contribution in [-0.2, 0) is 9.11 Å². The van der Waals surface area contributed by atoms with Crippen molar-refractivity contribution < 1.29 is 9.90 Å². The summed E-state index contributed by atoms with van der Waals surface area (Å²) < 4.78 is -0.385. The molecule has 1 unspecified atom stereocenters. The molecule has 0 bridgehead atoms. The Bertz CT molecular complexity index is 741. The average Bonchev–Trinajstić information content (AvgIpc) is 2.70. The summed E-state index contributed by atoms with van der Waals surface area (Å²) in [5.41, 5.74) is 9.36. The number of aliphatic carboxylic acids is 1. The molecule has 3 rings (SSSR count). The van der Waals surface area contributed by atoms with Crippen molar-refractivity contribution in [1.29, 1.82) is 0 Å². The Balaban J connectivity index is 2.19. The first-order valence-corrected chi connectivity index (χ1v) is 10.5. The van der Waals surface area contributed by atoms with Gasteiger partial charge in [0.2, 0.25) is 0 Å². The van der Waals surface area contributed by atoms with Gasteiger partial charge in [-0.3, -0.25) is 0 Å². The number of carboxylic acid groups (broad SMARTS) is 1. The molecule has 0 aliphatic heterocycles. The van der Waals surface area contributed by atoms with Crippen LogP contribution < -0.4 is 5.73 Å². The van der Waals surface area contributed by atoms with Crippen molar-refractivity contribution >= 4 is 20.9 Å². The van der Waals surface area contributed by atoms with E-state index in [0.29, 0.717) is 5.32 Å². The Hall–Kier alpha value is -2.39. The summed E-state index contributed by atoms with van der Waals surface area (Å²) in [7, 11) is 0. The second kappa shape index (κ2) is 8.33. The van der Waals surface area contributed by atoms with Crippen LogP contribution in [0.3, 0.4) is 0 Å². The number of nitrogens with two attached hydrogens (primary N) is 1. The van der Waals surface area contributed by atoms with E-state index in [-0.39, 0.29) is 19.3 Å². The molecule has 4 heteroatoms. The molecule has 0 saturated carbocycles. The van der Waals surface area contributed by atoms with Gasteiger partial charge in [0, 0.05) is 0 Å². The molecule has 3 aromatic carbocycles. The van der Waals surface area contributed by atoms with Crippen LogP contribution in [0.4, 0.5) is 0 Å². The van der Waals surface area contributed by atoms with Crippen LogP contribution in [0, 0.1) is 0 Å². The van der Waals surface area contributed by atoms with Crippen molar-refractivity contribution in [3.63, 3.8) is 0 Å². The molecule has 0 saturated heterocycles. The summed E-state index contributed by atoms with van der Waals surface area (Å²) in [6.07, 6.45) is 0. The predicted octanol–water partition coefficient (Wildman–Crippen LogP) is 3.51. The van der Waals surface area contributed by atoms with Crippen molar-refractivity contribution in [2.75, 3.05) is 0 Å². The molecule has 1 atom stereocenters. The third-order valence-electron chi connectivity index (χ3n) is 4.34. The molecule has 0 spiro atoms. The molecule has 0 fully saturated rings. The molecule has 132 valence electrons. The van der Waals surface area contributed by atoms with E-state index in [4.69, 9.17) is 5.73 Å². The molecular weight excluding hydrogens is 389 g/mol. The van der Waals surface area contributed by atoms with E-state index < -0.39 is 12.0 Å². The molecule has 0 amide bonds. The number of hydrogen-bond acceptors (Lipinski definition) is 2. The summed E-state index contributed by atoms with van der Waals surface area (Å²) >= 11 is -0.102. The Morgan fingerprint density at radius 2 is 1.15 bits per heavy atom. The van der Waals surface area contributed by atoms with Crippen LogP contribution in [0.5, 0.6) is 0 Å². The van der Waals surface area contributed by atoms with Gasteiger partial charge in [-0.1, -0.05) is 0 Å². The zero-order chi connectivity index (χ0) is 18.4. The van der Waals surface area contributed by atoms with Gasteiger partial charge in [-0.2, -0.15) is 0 Å². The van der Waals surface area contributed by atoms with Crippen molar-refractivity contribution in [2.24, 2.45) is 5.73 Å². The van der Waals surface area contributed by atoms with Crippen LogP contribution in [-0.4, -0.2) is 32.1 Å². The molecule has 0 aliphatic rings. The summed E-state index contributed by atoms with van der Waals surface area (Å²) in [6.45, 7) is 0. The zero-order valence-corrected chi connectivity index (χ0v) is 16.0. The van der Waals surface area contributed by atoms with Crippen molar-refractivity contribution in [3.8, 4) is 0 Å².